The first kappa shape index (κ1) is 12.2. The molecule has 0 saturated heterocycles. The first-order valence-corrected chi connectivity index (χ1v) is 6.29. The van der Waals surface area contributed by atoms with Crippen LogP contribution in [0.1, 0.15) is 16.1 Å². The molecule has 98 valence electrons. The van der Waals surface area contributed by atoms with E-state index in [0.717, 1.165) is 11.1 Å². The smallest absolute Gasteiger partial charge is 0.230 e. The number of benzene rings is 2. The minimum absolute atomic E-state index is 0.190. The molecule has 0 amide bonds. The average molecular weight is 263 g/mol. The van der Waals surface area contributed by atoms with Crippen molar-refractivity contribution in [2.45, 2.75) is 0 Å². The lowest BCUT2D eigenvalue weighted by atomic mass is 10.0. The maximum atomic E-state index is 12.3. The normalized spacial score (nSPS) is 10.4. The lowest BCUT2D eigenvalue weighted by Gasteiger charge is -2.00. The van der Waals surface area contributed by atoms with E-state index >= 15 is 0 Å². The number of rotatable bonds is 3. The number of nitrogens with two attached hydrogens (primary N) is 1. The molecule has 0 fully saturated rings. The fourth-order valence-corrected chi connectivity index (χ4v) is 2.10. The summed E-state index contributed by atoms with van der Waals surface area (Å²) in [5.74, 6) is -0.0136. The molecule has 0 aliphatic carbocycles. The Morgan fingerprint density at radius 1 is 0.900 bits per heavy atom. The number of nitrogen functional groups attached to an aromatic ring is 1. The molecule has 0 atom stereocenters. The van der Waals surface area contributed by atoms with Crippen LogP contribution in [-0.2, 0) is 0 Å². The molecule has 0 aliphatic heterocycles. The molecule has 0 bridgehead atoms. The van der Waals surface area contributed by atoms with Gasteiger partial charge in [0.1, 0.15) is 6.26 Å². The molecule has 1 heterocycles. The molecule has 2 aromatic carbocycles. The topological polar surface area (TPSA) is 56.2 Å². The minimum Gasteiger partial charge on any atom is -0.458 e. The van der Waals surface area contributed by atoms with Gasteiger partial charge in [-0.1, -0.05) is 60.7 Å². The van der Waals surface area contributed by atoms with Gasteiger partial charge >= 0.3 is 0 Å². The van der Waals surface area contributed by atoms with E-state index in [-0.39, 0.29) is 11.5 Å². The van der Waals surface area contributed by atoms with Gasteiger partial charge in [-0.25, -0.2) is 0 Å². The first-order valence-electron chi connectivity index (χ1n) is 6.29. The molecule has 1 aromatic heterocycles. The van der Waals surface area contributed by atoms with Crippen molar-refractivity contribution in [3.05, 3.63) is 78.3 Å². The van der Waals surface area contributed by atoms with Gasteiger partial charge in [-0.05, 0) is 5.56 Å². The van der Waals surface area contributed by atoms with Crippen LogP contribution in [0.3, 0.4) is 0 Å². The van der Waals surface area contributed by atoms with Gasteiger partial charge < -0.3 is 10.2 Å². The van der Waals surface area contributed by atoms with Gasteiger partial charge in [0, 0.05) is 11.1 Å². The summed E-state index contributed by atoms with van der Waals surface area (Å²) in [6.45, 7) is 0. The maximum absolute atomic E-state index is 12.3. The van der Waals surface area contributed by atoms with Gasteiger partial charge in [-0.3, -0.25) is 4.79 Å². The number of carbonyl (C=O) groups excluding carboxylic acids is 1. The van der Waals surface area contributed by atoms with Crippen LogP contribution in [0.4, 0.5) is 5.69 Å². The van der Waals surface area contributed by atoms with E-state index in [4.69, 9.17) is 10.2 Å². The van der Waals surface area contributed by atoms with Crippen molar-refractivity contribution in [2.24, 2.45) is 0 Å². The number of hydrogen-bond donors (Lipinski definition) is 1. The van der Waals surface area contributed by atoms with E-state index in [1.54, 1.807) is 12.1 Å². The third-order valence-electron chi connectivity index (χ3n) is 3.16. The monoisotopic (exact) mass is 263 g/mol. The number of ketones is 1. The summed E-state index contributed by atoms with van der Waals surface area (Å²) < 4.78 is 5.39. The van der Waals surface area contributed by atoms with Crippen LogP contribution >= 0.6 is 0 Å². The van der Waals surface area contributed by atoms with Crippen LogP contribution in [0.2, 0.25) is 0 Å². The van der Waals surface area contributed by atoms with Crippen LogP contribution in [-0.4, -0.2) is 5.78 Å². The van der Waals surface area contributed by atoms with E-state index in [1.807, 2.05) is 48.5 Å². The zero-order chi connectivity index (χ0) is 13.9. The van der Waals surface area contributed by atoms with Crippen molar-refractivity contribution >= 4 is 11.5 Å². The van der Waals surface area contributed by atoms with Crippen LogP contribution in [0, 0.1) is 0 Å². The number of carbonyl (C=O) groups is 1. The zero-order valence-corrected chi connectivity index (χ0v) is 10.7. The zero-order valence-electron chi connectivity index (χ0n) is 10.7. The van der Waals surface area contributed by atoms with Crippen LogP contribution in [0.15, 0.2) is 71.3 Å². The molecule has 3 heteroatoms. The van der Waals surface area contributed by atoms with E-state index in [1.165, 1.54) is 6.26 Å². The summed E-state index contributed by atoms with van der Waals surface area (Å²) in [6, 6.07) is 18.6. The Labute approximate surface area is 116 Å². The highest BCUT2D eigenvalue weighted by molar-refractivity contribution is 6.11. The third-order valence-corrected chi connectivity index (χ3v) is 3.16. The fourth-order valence-electron chi connectivity index (χ4n) is 2.10. The SMILES string of the molecule is Nc1c(-c2ccccc2)coc1C(=O)c1ccccc1. The number of furan rings is 1. The number of hydrogen-bond acceptors (Lipinski definition) is 3. The molecule has 0 saturated carbocycles. The summed E-state index contributed by atoms with van der Waals surface area (Å²) >= 11 is 0. The van der Waals surface area contributed by atoms with Crippen molar-refractivity contribution in [3.8, 4) is 11.1 Å². The van der Waals surface area contributed by atoms with Crippen molar-refractivity contribution < 1.29 is 9.21 Å². The van der Waals surface area contributed by atoms with Crippen LogP contribution < -0.4 is 5.73 Å². The predicted octanol–water partition coefficient (Wildman–Crippen LogP) is 3.76. The van der Waals surface area contributed by atoms with Gasteiger partial charge in [0.2, 0.25) is 5.78 Å². The highest BCUT2D eigenvalue weighted by atomic mass is 16.3. The molecular weight excluding hydrogens is 250 g/mol. The third kappa shape index (κ3) is 2.10. The Balaban J connectivity index is 2.01. The molecule has 0 aliphatic rings. The summed E-state index contributed by atoms with van der Waals surface area (Å²) in [6.07, 6.45) is 1.53. The Morgan fingerprint density at radius 2 is 1.50 bits per heavy atom. The summed E-state index contributed by atoms with van der Waals surface area (Å²) in [7, 11) is 0. The Hall–Kier alpha value is -2.81. The van der Waals surface area contributed by atoms with Gasteiger partial charge in [0.05, 0.1) is 5.69 Å². The Morgan fingerprint density at radius 3 is 2.15 bits per heavy atom. The second-order valence-electron chi connectivity index (χ2n) is 4.45. The predicted molar refractivity (Wildman–Crippen MR) is 78.4 cm³/mol. The van der Waals surface area contributed by atoms with Crippen molar-refractivity contribution in [1.82, 2.24) is 0 Å². The lowest BCUT2D eigenvalue weighted by Crippen LogP contribution is -2.03. The molecule has 3 nitrogen and oxygen atoms in total. The average Bonchev–Trinajstić information content (AvgIpc) is 2.90. The summed E-state index contributed by atoms with van der Waals surface area (Å²) in [5.41, 5.74) is 8.67. The summed E-state index contributed by atoms with van der Waals surface area (Å²) in [5, 5.41) is 0. The Bertz CT molecular complexity index is 730. The first-order chi connectivity index (χ1) is 9.77. The van der Waals surface area contributed by atoms with Crippen LogP contribution in [0.25, 0.3) is 11.1 Å². The lowest BCUT2D eigenvalue weighted by molar-refractivity contribution is 0.101. The molecule has 0 radical (unpaired) electrons. The maximum Gasteiger partial charge on any atom is 0.230 e. The van der Waals surface area contributed by atoms with Crippen molar-refractivity contribution in [3.63, 3.8) is 0 Å². The van der Waals surface area contributed by atoms with Crippen LogP contribution in [0.5, 0.6) is 0 Å². The second kappa shape index (κ2) is 5.05. The largest absolute Gasteiger partial charge is 0.458 e. The van der Waals surface area contributed by atoms with Crippen molar-refractivity contribution in [1.29, 1.82) is 0 Å². The highest BCUT2D eigenvalue weighted by Crippen LogP contribution is 2.31. The number of anilines is 1. The standard InChI is InChI=1S/C17H13NO2/c18-15-14(12-7-3-1-4-8-12)11-20-17(15)16(19)13-9-5-2-6-10-13/h1-11H,18H2. The molecule has 3 aromatic rings. The molecular formula is C17H13NO2. The van der Waals surface area contributed by atoms with Gasteiger partial charge in [-0.2, -0.15) is 0 Å². The second-order valence-corrected chi connectivity index (χ2v) is 4.45. The minimum atomic E-state index is -0.203. The quantitative estimate of drug-likeness (QED) is 0.732. The highest BCUT2D eigenvalue weighted by Gasteiger charge is 2.19. The van der Waals surface area contributed by atoms with Gasteiger partial charge in [0.15, 0.2) is 5.76 Å². The molecule has 0 spiro atoms. The van der Waals surface area contributed by atoms with E-state index in [2.05, 4.69) is 0 Å². The van der Waals surface area contributed by atoms with Gasteiger partial charge in [-0.15, -0.1) is 0 Å². The molecule has 2 N–H and O–H groups in total. The molecule has 0 unspecified atom stereocenters. The Kier molecular flexibility index (Phi) is 3.09. The van der Waals surface area contributed by atoms with Gasteiger partial charge in [0.25, 0.3) is 0 Å². The van der Waals surface area contributed by atoms with E-state index in [9.17, 15) is 4.79 Å². The molecule has 20 heavy (non-hydrogen) atoms. The van der Waals surface area contributed by atoms with E-state index in [0.29, 0.717) is 11.3 Å². The molecule has 3 rings (SSSR count). The van der Waals surface area contributed by atoms with E-state index < -0.39 is 0 Å². The van der Waals surface area contributed by atoms with Crippen molar-refractivity contribution in [2.75, 3.05) is 5.73 Å². The summed E-state index contributed by atoms with van der Waals surface area (Å²) in [4.78, 5) is 12.3. The fraction of sp³-hybridized carbons (Fsp3) is 0.